The van der Waals surface area contributed by atoms with E-state index in [1.807, 2.05) is 0 Å². The Morgan fingerprint density at radius 2 is 1.94 bits per heavy atom. The monoisotopic (exact) mass is 232 g/mol. The van der Waals surface area contributed by atoms with Gasteiger partial charge in [0.15, 0.2) is 0 Å². The molecule has 2 nitrogen and oxygen atoms in total. The third-order valence-corrected chi connectivity index (χ3v) is 2.36. The van der Waals surface area contributed by atoms with E-state index in [2.05, 4.69) is 4.98 Å². The molecular weight excluding hydrogens is 224 g/mol. The molecule has 0 saturated heterocycles. The lowest BCUT2D eigenvalue weighted by atomic mass is 10.1. The van der Waals surface area contributed by atoms with Crippen LogP contribution in [0, 0.1) is 5.82 Å². The number of H-pyrrole nitrogens is 1. The van der Waals surface area contributed by atoms with E-state index in [0.717, 1.165) is 12.3 Å². The van der Waals surface area contributed by atoms with E-state index < -0.39 is 18.0 Å². The summed E-state index contributed by atoms with van der Waals surface area (Å²) in [6, 6.07) is 1.47. The Hall–Kier alpha value is -1.56. The highest BCUT2D eigenvalue weighted by molar-refractivity contribution is 5.83. The van der Waals surface area contributed by atoms with Gasteiger partial charge in [-0.3, -0.25) is 0 Å². The van der Waals surface area contributed by atoms with Crippen molar-refractivity contribution < 1.29 is 17.6 Å². The van der Waals surface area contributed by atoms with Crippen molar-refractivity contribution in [2.75, 3.05) is 0 Å². The van der Waals surface area contributed by atoms with Gasteiger partial charge >= 0.3 is 6.18 Å². The van der Waals surface area contributed by atoms with Gasteiger partial charge in [-0.1, -0.05) is 0 Å². The fraction of sp³-hybridized carbons (Fsp3) is 0.200. The Balaban J connectivity index is 2.57. The Morgan fingerprint density at radius 3 is 2.56 bits per heavy atom. The fourth-order valence-electron chi connectivity index (χ4n) is 1.55. The molecule has 86 valence electrons. The van der Waals surface area contributed by atoms with E-state index in [4.69, 9.17) is 5.73 Å². The number of nitrogens with one attached hydrogen (secondary N) is 1. The molecule has 0 amide bonds. The summed E-state index contributed by atoms with van der Waals surface area (Å²) in [4.78, 5) is 2.62. The van der Waals surface area contributed by atoms with Crippen molar-refractivity contribution in [1.82, 2.24) is 4.98 Å². The Bertz CT molecular complexity index is 515. The lowest BCUT2D eigenvalue weighted by Crippen LogP contribution is -2.28. The molecule has 2 aromatic rings. The first-order valence-electron chi connectivity index (χ1n) is 4.48. The molecule has 1 heterocycles. The van der Waals surface area contributed by atoms with Crippen molar-refractivity contribution in [1.29, 1.82) is 0 Å². The van der Waals surface area contributed by atoms with Crippen molar-refractivity contribution >= 4 is 10.9 Å². The van der Waals surface area contributed by atoms with Gasteiger partial charge in [0, 0.05) is 22.7 Å². The normalized spacial score (nSPS) is 14.3. The number of halogens is 4. The largest absolute Gasteiger partial charge is 0.407 e. The summed E-state index contributed by atoms with van der Waals surface area (Å²) in [5.41, 5.74) is 5.34. The molecule has 6 heteroatoms. The maximum Gasteiger partial charge on any atom is 0.407 e. The minimum Gasteiger partial charge on any atom is -0.361 e. The van der Waals surface area contributed by atoms with E-state index in [1.165, 1.54) is 12.1 Å². The van der Waals surface area contributed by atoms with Gasteiger partial charge < -0.3 is 10.7 Å². The van der Waals surface area contributed by atoms with Gasteiger partial charge in [0.2, 0.25) is 0 Å². The highest BCUT2D eigenvalue weighted by atomic mass is 19.4. The van der Waals surface area contributed by atoms with Crippen LogP contribution in [0.5, 0.6) is 0 Å². The molecule has 0 saturated carbocycles. The molecular formula is C10H8F4N2. The van der Waals surface area contributed by atoms with Crippen LogP contribution in [0.2, 0.25) is 0 Å². The molecule has 1 aromatic carbocycles. The highest BCUT2D eigenvalue weighted by Gasteiger charge is 2.39. The predicted molar refractivity (Wildman–Crippen MR) is 51.2 cm³/mol. The molecule has 0 spiro atoms. The number of hydrogen-bond donors (Lipinski definition) is 2. The van der Waals surface area contributed by atoms with Crippen molar-refractivity contribution in [2.45, 2.75) is 12.2 Å². The summed E-state index contributed by atoms with van der Waals surface area (Å²) in [5.74, 6) is -0.595. The van der Waals surface area contributed by atoms with Gasteiger partial charge in [0.1, 0.15) is 11.9 Å². The summed E-state index contributed by atoms with van der Waals surface area (Å²) >= 11 is 0. The number of aromatic amines is 1. The third-order valence-electron chi connectivity index (χ3n) is 2.36. The second kappa shape index (κ2) is 3.48. The second-order valence-corrected chi connectivity index (χ2v) is 3.45. The molecule has 0 bridgehead atoms. The van der Waals surface area contributed by atoms with Gasteiger partial charge in [-0.15, -0.1) is 0 Å². The van der Waals surface area contributed by atoms with Crippen LogP contribution in [0.25, 0.3) is 10.9 Å². The number of aromatic nitrogens is 1. The van der Waals surface area contributed by atoms with Crippen LogP contribution >= 0.6 is 0 Å². The van der Waals surface area contributed by atoms with Crippen molar-refractivity contribution in [3.05, 3.63) is 35.8 Å². The number of nitrogens with two attached hydrogens (primary N) is 1. The van der Waals surface area contributed by atoms with E-state index in [-0.39, 0.29) is 10.9 Å². The molecule has 3 N–H and O–H groups in total. The van der Waals surface area contributed by atoms with Crippen LogP contribution in [0.1, 0.15) is 11.6 Å². The minimum absolute atomic E-state index is 0.151. The van der Waals surface area contributed by atoms with Crippen LogP contribution < -0.4 is 5.73 Å². The number of hydrogen-bond acceptors (Lipinski definition) is 1. The fourth-order valence-corrected chi connectivity index (χ4v) is 1.55. The zero-order valence-electron chi connectivity index (χ0n) is 7.98. The quantitative estimate of drug-likeness (QED) is 0.729. The van der Waals surface area contributed by atoms with E-state index in [1.54, 1.807) is 0 Å². The molecule has 1 atom stereocenters. The van der Waals surface area contributed by atoms with Crippen LogP contribution in [0.15, 0.2) is 24.4 Å². The molecule has 16 heavy (non-hydrogen) atoms. The first kappa shape index (κ1) is 10.9. The van der Waals surface area contributed by atoms with Crippen LogP contribution in [0.4, 0.5) is 17.6 Å². The van der Waals surface area contributed by atoms with E-state index in [9.17, 15) is 17.6 Å². The lowest BCUT2D eigenvalue weighted by Gasteiger charge is -2.14. The van der Waals surface area contributed by atoms with Gasteiger partial charge in [0.05, 0.1) is 0 Å². The van der Waals surface area contributed by atoms with Gasteiger partial charge in [-0.25, -0.2) is 4.39 Å². The van der Waals surface area contributed by atoms with Crippen LogP contribution in [0.3, 0.4) is 0 Å². The van der Waals surface area contributed by atoms with Crippen molar-refractivity contribution in [2.24, 2.45) is 5.73 Å². The van der Waals surface area contributed by atoms with Crippen LogP contribution in [-0.4, -0.2) is 11.2 Å². The summed E-state index contributed by atoms with van der Waals surface area (Å²) in [7, 11) is 0. The maximum atomic E-state index is 12.9. The SMILES string of the molecule is N[C@@H](c1c[nH]c2ccc(F)cc12)C(F)(F)F. The number of alkyl halides is 3. The van der Waals surface area contributed by atoms with Gasteiger partial charge in [-0.2, -0.15) is 13.2 Å². The summed E-state index contributed by atoms with van der Waals surface area (Å²) < 4.78 is 50.1. The highest BCUT2D eigenvalue weighted by Crippen LogP contribution is 2.34. The summed E-state index contributed by atoms with van der Waals surface area (Å²) in [5, 5.41) is 0.157. The predicted octanol–water partition coefficient (Wildman–Crippen LogP) is 2.87. The second-order valence-electron chi connectivity index (χ2n) is 3.45. The molecule has 0 aliphatic heterocycles. The van der Waals surface area contributed by atoms with Crippen molar-refractivity contribution in [3.8, 4) is 0 Å². The maximum absolute atomic E-state index is 12.9. The summed E-state index contributed by atoms with van der Waals surface area (Å²) in [6.07, 6.45) is -3.39. The van der Waals surface area contributed by atoms with Crippen molar-refractivity contribution in [3.63, 3.8) is 0 Å². The number of benzene rings is 1. The minimum atomic E-state index is -4.54. The zero-order chi connectivity index (χ0) is 11.9. The lowest BCUT2D eigenvalue weighted by molar-refractivity contribution is -0.148. The molecule has 2 rings (SSSR count). The average Bonchev–Trinajstić information content (AvgIpc) is 2.57. The Morgan fingerprint density at radius 1 is 1.25 bits per heavy atom. The third kappa shape index (κ3) is 1.76. The average molecular weight is 232 g/mol. The smallest absolute Gasteiger partial charge is 0.361 e. The molecule has 0 radical (unpaired) electrons. The Labute approximate surface area is 88.1 Å². The molecule has 0 aliphatic rings. The zero-order valence-corrected chi connectivity index (χ0v) is 7.98. The van der Waals surface area contributed by atoms with Crippen LogP contribution in [-0.2, 0) is 0 Å². The topological polar surface area (TPSA) is 41.8 Å². The van der Waals surface area contributed by atoms with Gasteiger partial charge in [-0.05, 0) is 18.2 Å². The van der Waals surface area contributed by atoms with E-state index >= 15 is 0 Å². The molecule has 0 unspecified atom stereocenters. The summed E-state index contributed by atoms with van der Waals surface area (Å²) in [6.45, 7) is 0. The standard InChI is InChI=1S/C10H8F4N2/c11-5-1-2-8-6(3-5)7(4-16-8)9(15)10(12,13)14/h1-4,9,16H,15H2/t9-/m0/s1. The molecule has 1 aromatic heterocycles. The molecule has 0 aliphatic carbocycles. The number of rotatable bonds is 1. The van der Waals surface area contributed by atoms with Gasteiger partial charge in [0.25, 0.3) is 0 Å². The van der Waals surface area contributed by atoms with E-state index in [0.29, 0.717) is 5.52 Å². The Kier molecular flexibility index (Phi) is 2.38. The first-order chi connectivity index (χ1) is 7.39. The molecule has 0 fully saturated rings. The first-order valence-corrected chi connectivity index (χ1v) is 4.48. The number of fused-ring (bicyclic) bond motifs is 1.